The third kappa shape index (κ3) is 1.98. The number of hydrogen-bond acceptors (Lipinski definition) is 3. The first kappa shape index (κ1) is 11.9. The first-order valence-corrected chi connectivity index (χ1v) is 3.77. The summed E-state index contributed by atoms with van der Waals surface area (Å²) >= 11 is 0. The molecule has 74 valence electrons. The summed E-state index contributed by atoms with van der Waals surface area (Å²) < 4.78 is 5.11. The third-order valence-electron chi connectivity index (χ3n) is 2.01. The van der Waals surface area contributed by atoms with Gasteiger partial charge < -0.3 is 16.2 Å². The zero-order valence-corrected chi connectivity index (χ0v) is 8.87. The van der Waals surface area contributed by atoms with Gasteiger partial charge in [0.25, 0.3) is 0 Å². The molecular weight excluding hydrogens is 188 g/mol. The summed E-state index contributed by atoms with van der Waals surface area (Å²) in [5.41, 5.74) is 14.8. The van der Waals surface area contributed by atoms with Crippen molar-refractivity contribution in [2.24, 2.45) is 0 Å². The zero-order valence-electron chi connectivity index (χ0n) is 8.05. The van der Waals surface area contributed by atoms with Gasteiger partial charge in [0.05, 0.1) is 12.8 Å². The number of hydrogen-bond donors (Lipinski definition) is 2. The topological polar surface area (TPSA) is 61.3 Å². The third-order valence-corrected chi connectivity index (χ3v) is 2.01. The normalized spacial score (nSPS) is 9.15. The summed E-state index contributed by atoms with van der Waals surface area (Å²) in [7, 11) is 1.59. The van der Waals surface area contributed by atoms with Crippen LogP contribution in [0.3, 0.4) is 0 Å². The second-order valence-electron chi connectivity index (χ2n) is 2.85. The molecule has 0 fully saturated rings. The van der Waals surface area contributed by atoms with E-state index in [0.717, 1.165) is 16.8 Å². The van der Waals surface area contributed by atoms with Gasteiger partial charge in [-0.25, -0.2) is 0 Å². The van der Waals surface area contributed by atoms with E-state index < -0.39 is 0 Å². The van der Waals surface area contributed by atoms with Crippen LogP contribution in [0.15, 0.2) is 6.07 Å². The van der Waals surface area contributed by atoms with Gasteiger partial charge in [0.2, 0.25) is 0 Å². The van der Waals surface area contributed by atoms with Gasteiger partial charge in [-0.05, 0) is 25.5 Å². The number of ether oxygens (including phenoxy) is 1. The van der Waals surface area contributed by atoms with E-state index in [9.17, 15) is 0 Å². The van der Waals surface area contributed by atoms with Crippen molar-refractivity contribution in [1.29, 1.82) is 0 Å². The van der Waals surface area contributed by atoms with E-state index in [-0.39, 0.29) is 12.4 Å². The van der Waals surface area contributed by atoms with E-state index in [2.05, 4.69) is 0 Å². The predicted molar refractivity (Wildman–Crippen MR) is 58.5 cm³/mol. The minimum Gasteiger partial charge on any atom is -0.494 e. The highest BCUT2D eigenvalue weighted by Crippen LogP contribution is 2.32. The minimum atomic E-state index is 0. The molecule has 0 aliphatic rings. The molecule has 0 bridgehead atoms. The highest BCUT2D eigenvalue weighted by molar-refractivity contribution is 5.85. The molecule has 0 aromatic heterocycles. The zero-order chi connectivity index (χ0) is 9.30. The highest BCUT2D eigenvalue weighted by Gasteiger charge is 2.08. The second-order valence-corrected chi connectivity index (χ2v) is 2.85. The van der Waals surface area contributed by atoms with Crippen molar-refractivity contribution in [2.75, 3.05) is 18.6 Å². The number of benzene rings is 1. The molecule has 0 heterocycles. The fourth-order valence-corrected chi connectivity index (χ4v) is 1.28. The van der Waals surface area contributed by atoms with Crippen LogP contribution in [-0.2, 0) is 0 Å². The number of nitrogens with two attached hydrogens (primary N) is 2. The molecule has 0 radical (unpaired) electrons. The van der Waals surface area contributed by atoms with Gasteiger partial charge in [0, 0.05) is 11.3 Å². The van der Waals surface area contributed by atoms with E-state index in [0.29, 0.717) is 11.4 Å². The van der Waals surface area contributed by atoms with Gasteiger partial charge >= 0.3 is 0 Å². The van der Waals surface area contributed by atoms with Crippen molar-refractivity contribution >= 4 is 23.8 Å². The largest absolute Gasteiger partial charge is 0.494 e. The summed E-state index contributed by atoms with van der Waals surface area (Å²) in [6.07, 6.45) is 0. The Kier molecular flexibility index (Phi) is 3.88. The molecule has 4 N–H and O–H groups in total. The molecule has 0 atom stereocenters. The lowest BCUT2D eigenvalue weighted by atomic mass is 10.1. The van der Waals surface area contributed by atoms with Crippen LogP contribution in [0.5, 0.6) is 5.75 Å². The molecule has 0 saturated carbocycles. The Balaban J connectivity index is 0.00000144. The lowest BCUT2D eigenvalue weighted by molar-refractivity contribution is 0.414. The molecular formula is C9H15ClN2O. The number of halogens is 1. The Morgan fingerprint density at radius 1 is 1.23 bits per heavy atom. The highest BCUT2D eigenvalue weighted by atomic mass is 35.5. The van der Waals surface area contributed by atoms with Crippen LogP contribution in [0.25, 0.3) is 0 Å². The van der Waals surface area contributed by atoms with Crippen molar-refractivity contribution in [3.8, 4) is 5.75 Å². The summed E-state index contributed by atoms with van der Waals surface area (Å²) in [6, 6.07) is 1.82. The average molecular weight is 203 g/mol. The molecule has 13 heavy (non-hydrogen) atoms. The molecule has 4 heteroatoms. The van der Waals surface area contributed by atoms with Crippen molar-refractivity contribution in [3.05, 3.63) is 17.2 Å². The molecule has 0 saturated heterocycles. The summed E-state index contributed by atoms with van der Waals surface area (Å²) in [6.45, 7) is 3.83. The van der Waals surface area contributed by atoms with Gasteiger partial charge in [-0.15, -0.1) is 12.4 Å². The van der Waals surface area contributed by atoms with E-state index in [4.69, 9.17) is 16.2 Å². The maximum absolute atomic E-state index is 5.79. The Labute approximate surface area is 84.5 Å². The standard InChI is InChI=1S/C9H14N2O.ClH/c1-5-4-7(10)9(12-3)6(2)8(5)11;/h4H,10-11H2,1-3H3;1H. The number of anilines is 2. The van der Waals surface area contributed by atoms with Crippen LogP contribution < -0.4 is 16.2 Å². The molecule has 1 rings (SSSR count). The van der Waals surface area contributed by atoms with E-state index >= 15 is 0 Å². The van der Waals surface area contributed by atoms with Gasteiger partial charge in [0.1, 0.15) is 5.75 Å². The van der Waals surface area contributed by atoms with Crippen molar-refractivity contribution < 1.29 is 4.74 Å². The van der Waals surface area contributed by atoms with Crippen LogP contribution in [-0.4, -0.2) is 7.11 Å². The van der Waals surface area contributed by atoms with Crippen LogP contribution in [0.4, 0.5) is 11.4 Å². The lowest BCUT2D eigenvalue weighted by Crippen LogP contribution is -2.01. The van der Waals surface area contributed by atoms with Crippen LogP contribution in [0.1, 0.15) is 11.1 Å². The van der Waals surface area contributed by atoms with Crippen molar-refractivity contribution in [1.82, 2.24) is 0 Å². The SMILES string of the molecule is COc1c(N)cc(C)c(N)c1C.Cl. The van der Waals surface area contributed by atoms with Crippen LogP contribution in [0.2, 0.25) is 0 Å². The summed E-state index contributed by atoms with van der Waals surface area (Å²) in [5.74, 6) is 0.679. The van der Waals surface area contributed by atoms with Gasteiger partial charge in [-0.2, -0.15) is 0 Å². The smallest absolute Gasteiger partial charge is 0.146 e. The fourth-order valence-electron chi connectivity index (χ4n) is 1.28. The summed E-state index contributed by atoms with van der Waals surface area (Å²) in [5, 5.41) is 0. The Bertz CT molecular complexity index is 313. The fraction of sp³-hybridized carbons (Fsp3) is 0.333. The van der Waals surface area contributed by atoms with E-state index in [1.165, 1.54) is 0 Å². The number of methoxy groups -OCH3 is 1. The molecule has 0 spiro atoms. The molecule has 1 aromatic rings. The first-order valence-electron chi connectivity index (χ1n) is 3.77. The molecule has 0 aliphatic heterocycles. The first-order chi connectivity index (χ1) is 5.57. The van der Waals surface area contributed by atoms with Crippen molar-refractivity contribution in [3.63, 3.8) is 0 Å². The quantitative estimate of drug-likeness (QED) is 0.684. The molecule has 0 aliphatic carbocycles. The number of nitrogen functional groups attached to an aromatic ring is 2. The Morgan fingerprint density at radius 2 is 1.77 bits per heavy atom. The maximum Gasteiger partial charge on any atom is 0.146 e. The molecule has 3 nitrogen and oxygen atoms in total. The Morgan fingerprint density at radius 3 is 2.23 bits per heavy atom. The van der Waals surface area contributed by atoms with Crippen LogP contribution >= 0.6 is 12.4 Å². The van der Waals surface area contributed by atoms with Gasteiger partial charge in [-0.3, -0.25) is 0 Å². The second kappa shape index (κ2) is 4.23. The monoisotopic (exact) mass is 202 g/mol. The Hall–Kier alpha value is -1.09. The summed E-state index contributed by atoms with van der Waals surface area (Å²) in [4.78, 5) is 0. The van der Waals surface area contributed by atoms with Crippen molar-refractivity contribution in [2.45, 2.75) is 13.8 Å². The van der Waals surface area contributed by atoms with E-state index in [1.54, 1.807) is 7.11 Å². The molecule has 1 aromatic carbocycles. The average Bonchev–Trinajstić information content (AvgIpc) is 2.01. The van der Waals surface area contributed by atoms with E-state index in [1.807, 2.05) is 19.9 Å². The minimum absolute atomic E-state index is 0. The lowest BCUT2D eigenvalue weighted by Gasteiger charge is -2.12. The number of rotatable bonds is 1. The van der Waals surface area contributed by atoms with Crippen LogP contribution in [0, 0.1) is 13.8 Å². The van der Waals surface area contributed by atoms with Gasteiger partial charge in [-0.1, -0.05) is 0 Å². The molecule has 0 amide bonds. The predicted octanol–water partition coefficient (Wildman–Crippen LogP) is 1.90. The maximum atomic E-state index is 5.79. The molecule has 0 unspecified atom stereocenters. The number of aryl methyl sites for hydroxylation is 1. The van der Waals surface area contributed by atoms with Gasteiger partial charge in [0.15, 0.2) is 0 Å².